The van der Waals surface area contributed by atoms with E-state index in [1.165, 1.54) is 5.56 Å². The number of aromatic nitrogens is 3. The van der Waals surface area contributed by atoms with Gasteiger partial charge in [-0.25, -0.2) is 9.97 Å². The lowest BCUT2D eigenvalue weighted by molar-refractivity contribution is 0.0951. The maximum atomic E-state index is 12.7. The van der Waals surface area contributed by atoms with Crippen LogP contribution in [-0.2, 0) is 0 Å². The number of imidazole rings is 1. The molecule has 5 nitrogen and oxygen atoms in total. The fourth-order valence-corrected chi connectivity index (χ4v) is 3.32. The van der Waals surface area contributed by atoms with Crippen molar-refractivity contribution in [3.05, 3.63) is 89.3 Å². The third kappa shape index (κ3) is 3.62. The molecule has 1 N–H and O–H groups in total. The Kier molecular flexibility index (Phi) is 5.08. The average molecular weight is 391 g/mol. The molecule has 0 fully saturated rings. The Morgan fingerprint density at radius 3 is 2.75 bits per heavy atom. The number of fused-ring (bicyclic) bond motifs is 1. The largest absolute Gasteiger partial charge is 0.351 e. The summed E-state index contributed by atoms with van der Waals surface area (Å²) in [7, 11) is 0. The van der Waals surface area contributed by atoms with Gasteiger partial charge >= 0.3 is 0 Å². The summed E-state index contributed by atoms with van der Waals surface area (Å²) >= 11 is 6.39. The fourth-order valence-electron chi connectivity index (χ4n) is 3.11. The van der Waals surface area contributed by atoms with Gasteiger partial charge < -0.3 is 5.32 Å². The molecule has 0 saturated heterocycles. The molecule has 2 aromatic carbocycles. The molecule has 4 aromatic rings. The molecule has 0 bridgehead atoms. The zero-order chi connectivity index (χ0) is 19.5. The molecule has 1 atom stereocenters. The Labute approximate surface area is 168 Å². The first-order chi connectivity index (χ1) is 13.6. The summed E-state index contributed by atoms with van der Waals surface area (Å²) in [6.45, 7) is 2.64. The van der Waals surface area contributed by atoms with E-state index < -0.39 is 0 Å². The lowest BCUT2D eigenvalue weighted by atomic mass is 10.0. The highest BCUT2D eigenvalue weighted by Crippen LogP contribution is 2.25. The first kappa shape index (κ1) is 18.2. The van der Waals surface area contributed by atoms with Crippen molar-refractivity contribution in [2.45, 2.75) is 12.8 Å². The number of carbonyl (C=O) groups is 1. The van der Waals surface area contributed by atoms with Crippen LogP contribution in [0.2, 0.25) is 5.02 Å². The van der Waals surface area contributed by atoms with Crippen LogP contribution in [0.3, 0.4) is 0 Å². The van der Waals surface area contributed by atoms with Crippen LogP contribution in [0.1, 0.15) is 28.8 Å². The second-order valence-corrected chi connectivity index (χ2v) is 7.06. The SMILES string of the molecule is CC(CNC(=O)c1ccc(Cl)c(-n2cnc3cccnc32)c1)c1ccccc1. The third-order valence-electron chi connectivity index (χ3n) is 4.71. The van der Waals surface area contributed by atoms with Crippen molar-refractivity contribution in [2.24, 2.45) is 0 Å². The summed E-state index contributed by atoms with van der Waals surface area (Å²) in [6, 6.07) is 19.0. The molecular weight excluding hydrogens is 372 g/mol. The van der Waals surface area contributed by atoms with E-state index in [1.807, 2.05) is 30.3 Å². The minimum atomic E-state index is -0.141. The number of halogens is 1. The summed E-state index contributed by atoms with van der Waals surface area (Å²) < 4.78 is 1.79. The number of nitrogens with one attached hydrogen (secondary N) is 1. The van der Waals surface area contributed by atoms with Crippen molar-refractivity contribution >= 4 is 28.7 Å². The van der Waals surface area contributed by atoms with Gasteiger partial charge in [-0.1, -0.05) is 48.9 Å². The van der Waals surface area contributed by atoms with Gasteiger partial charge in [0, 0.05) is 18.3 Å². The number of rotatable bonds is 5. The molecule has 2 heterocycles. The van der Waals surface area contributed by atoms with Gasteiger partial charge in [-0.2, -0.15) is 0 Å². The van der Waals surface area contributed by atoms with E-state index in [-0.39, 0.29) is 11.8 Å². The molecule has 4 rings (SSSR count). The number of nitrogens with zero attached hydrogens (tertiary/aromatic N) is 3. The Bertz CT molecular complexity index is 1120. The zero-order valence-electron chi connectivity index (χ0n) is 15.3. The molecule has 6 heteroatoms. The van der Waals surface area contributed by atoms with Crippen LogP contribution in [0.5, 0.6) is 0 Å². The number of pyridine rings is 1. The molecule has 0 saturated carbocycles. The smallest absolute Gasteiger partial charge is 0.251 e. The lowest BCUT2D eigenvalue weighted by Crippen LogP contribution is -2.27. The monoisotopic (exact) mass is 390 g/mol. The van der Waals surface area contributed by atoms with Crippen LogP contribution in [0.25, 0.3) is 16.9 Å². The van der Waals surface area contributed by atoms with E-state index in [4.69, 9.17) is 11.6 Å². The zero-order valence-corrected chi connectivity index (χ0v) is 16.1. The van der Waals surface area contributed by atoms with Gasteiger partial charge in [0.15, 0.2) is 5.65 Å². The standard InChI is InChI=1S/C22H19ClN4O/c1-15(16-6-3-2-4-7-16)13-25-22(28)17-9-10-18(23)20(12-17)27-14-26-19-8-5-11-24-21(19)27/h2-12,14-15H,13H2,1H3,(H,25,28). The van der Waals surface area contributed by atoms with E-state index in [0.29, 0.717) is 28.5 Å². The van der Waals surface area contributed by atoms with Gasteiger partial charge in [0.2, 0.25) is 0 Å². The fraction of sp³-hybridized carbons (Fsp3) is 0.136. The van der Waals surface area contributed by atoms with Gasteiger partial charge in [-0.15, -0.1) is 0 Å². The second kappa shape index (κ2) is 7.82. The van der Waals surface area contributed by atoms with Crippen molar-refractivity contribution in [1.29, 1.82) is 0 Å². The van der Waals surface area contributed by atoms with Gasteiger partial charge in [-0.3, -0.25) is 9.36 Å². The first-order valence-electron chi connectivity index (χ1n) is 9.04. The van der Waals surface area contributed by atoms with Crippen molar-refractivity contribution in [3.8, 4) is 5.69 Å². The normalized spacial score (nSPS) is 12.1. The molecule has 0 aliphatic rings. The predicted octanol–water partition coefficient (Wildman–Crippen LogP) is 4.61. The van der Waals surface area contributed by atoms with Gasteiger partial charge in [0.05, 0.1) is 10.7 Å². The molecule has 0 radical (unpaired) electrons. The topological polar surface area (TPSA) is 59.8 Å². The molecule has 140 valence electrons. The molecular formula is C22H19ClN4O. The van der Waals surface area contributed by atoms with Crippen molar-refractivity contribution in [1.82, 2.24) is 19.9 Å². The number of benzene rings is 2. The van der Waals surface area contributed by atoms with E-state index in [0.717, 1.165) is 5.52 Å². The first-order valence-corrected chi connectivity index (χ1v) is 9.42. The number of carbonyl (C=O) groups excluding carboxylic acids is 1. The minimum absolute atomic E-state index is 0.141. The van der Waals surface area contributed by atoms with E-state index in [1.54, 1.807) is 35.3 Å². The number of hydrogen-bond donors (Lipinski definition) is 1. The summed E-state index contributed by atoms with van der Waals surface area (Å²) in [6.07, 6.45) is 3.37. The molecule has 0 aliphatic carbocycles. The lowest BCUT2D eigenvalue weighted by Gasteiger charge is -2.14. The highest BCUT2D eigenvalue weighted by atomic mass is 35.5. The van der Waals surface area contributed by atoms with Gasteiger partial charge in [0.1, 0.15) is 11.8 Å². The van der Waals surface area contributed by atoms with Crippen LogP contribution >= 0.6 is 11.6 Å². The Hall–Kier alpha value is -3.18. The Morgan fingerprint density at radius 1 is 1.11 bits per heavy atom. The molecule has 1 unspecified atom stereocenters. The number of amides is 1. The van der Waals surface area contributed by atoms with Gasteiger partial charge in [0.25, 0.3) is 5.91 Å². The van der Waals surface area contributed by atoms with Crippen LogP contribution < -0.4 is 5.32 Å². The van der Waals surface area contributed by atoms with Crippen molar-refractivity contribution in [3.63, 3.8) is 0 Å². The molecule has 1 amide bonds. The van der Waals surface area contributed by atoms with E-state index in [9.17, 15) is 4.79 Å². The minimum Gasteiger partial charge on any atom is -0.351 e. The maximum absolute atomic E-state index is 12.7. The predicted molar refractivity (Wildman–Crippen MR) is 111 cm³/mol. The highest BCUT2D eigenvalue weighted by molar-refractivity contribution is 6.32. The van der Waals surface area contributed by atoms with E-state index >= 15 is 0 Å². The summed E-state index contributed by atoms with van der Waals surface area (Å²) in [5, 5.41) is 3.53. The highest BCUT2D eigenvalue weighted by Gasteiger charge is 2.14. The van der Waals surface area contributed by atoms with Crippen LogP contribution in [0.15, 0.2) is 73.2 Å². The Morgan fingerprint density at radius 2 is 1.93 bits per heavy atom. The summed E-state index contributed by atoms with van der Waals surface area (Å²) in [5.74, 6) is 0.0804. The third-order valence-corrected chi connectivity index (χ3v) is 5.03. The van der Waals surface area contributed by atoms with Crippen molar-refractivity contribution in [2.75, 3.05) is 6.54 Å². The molecule has 2 aromatic heterocycles. The average Bonchev–Trinajstić information content (AvgIpc) is 3.16. The maximum Gasteiger partial charge on any atom is 0.251 e. The van der Waals surface area contributed by atoms with Crippen LogP contribution in [0.4, 0.5) is 0 Å². The van der Waals surface area contributed by atoms with E-state index in [2.05, 4.69) is 34.3 Å². The summed E-state index contributed by atoms with van der Waals surface area (Å²) in [5.41, 5.74) is 3.87. The Balaban J connectivity index is 1.56. The molecule has 0 spiro atoms. The van der Waals surface area contributed by atoms with Crippen LogP contribution in [-0.4, -0.2) is 27.0 Å². The second-order valence-electron chi connectivity index (χ2n) is 6.65. The van der Waals surface area contributed by atoms with Crippen molar-refractivity contribution < 1.29 is 4.79 Å². The van der Waals surface area contributed by atoms with Crippen LogP contribution in [0, 0.1) is 0 Å². The molecule has 28 heavy (non-hydrogen) atoms. The summed E-state index contributed by atoms with van der Waals surface area (Å²) in [4.78, 5) is 21.4. The number of hydrogen-bond acceptors (Lipinski definition) is 3. The van der Waals surface area contributed by atoms with Gasteiger partial charge in [-0.05, 0) is 41.8 Å². The quantitative estimate of drug-likeness (QED) is 0.541. The molecule has 0 aliphatic heterocycles.